The summed E-state index contributed by atoms with van der Waals surface area (Å²) in [5, 5.41) is 15.0. The molecule has 0 bridgehead atoms. The van der Waals surface area contributed by atoms with Gasteiger partial charge in [-0.05, 0) is 23.8 Å². The molecule has 0 saturated heterocycles. The number of hydrogen-bond acceptors (Lipinski definition) is 5. The Bertz CT molecular complexity index is 1210. The van der Waals surface area contributed by atoms with E-state index in [9.17, 15) is 9.59 Å². The molecule has 4 rings (SSSR count). The highest BCUT2D eigenvalue weighted by molar-refractivity contribution is 9.10. The zero-order valence-electron chi connectivity index (χ0n) is 16.9. The van der Waals surface area contributed by atoms with Gasteiger partial charge in [0.2, 0.25) is 11.0 Å². The van der Waals surface area contributed by atoms with Crippen LogP contribution in [0.3, 0.4) is 0 Å². The maximum atomic E-state index is 13.1. The second kappa shape index (κ2) is 10.3. The zero-order valence-corrected chi connectivity index (χ0v) is 19.3. The normalized spacial score (nSPS) is 11.5. The summed E-state index contributed by atoms with van der Waals surface area (Å²) in [5.41, 5.74) is 2.33. The van der Waals surface area contributed by atoms with Crippen LogP contribution in [-0.2, 0) is 11.2 Å². The van der Waals surface area contributed by atoms with Crippen molar-refractivity contribution in [3.05, 3.63) is 101 Å². The van der Waals surface area contributed by atoms with E-state index in [2.05, 4.69) is 36.8 Å². The van der Waals surface area contributed by atoms with Gasteiger partial charge in [-0.2, -0.15) is 0 Å². The van der Waals surface area contributed by atoms with E-state index in [1.54, 1.807) is 18.2 Å². The van der Waals surface area contributed by atoms with Crippen molar-refractivity contribution in [3.63, 3.8) is 0 Å². The van der Waals surface area contributed by atoms with Crippen LogP contribution >= 0.6 is 27.3 Å². The van der Waals surface area contributed by atoms with Crippen LogP contribution in [0, 0.1) is 0 Å². The molecular weight excluding hydrogens is 488 g/mol. The predicted octanol–water partition coefficient (Wildman–Crippen LogP) is 4.95. The second-order valence-corrected chi connectivity index (χ2v) is 8.89. The average molecular weight is 507 g/mol. The number of benzene rings is 3. The van der Waals surface area contributed by atoms with Crippen molar-refractivity contribution in [2.75, 3.05) is 5.32 Å². The molecule has 3 aromatic carbocycles. The van der Waals surface area contributed by atoms with E-state index < -0.39 is 6.04 Å². The Hall–Kier alpha value is -3.36. The minimum Gasteiger partial charge on any atom is -0.340 e. The van der Waals surface area contributed by atoms with E-state index in [-0.39, 0.29) is 11.8 Å². The number of carbonyl (C=O) groups is 2. The summed E-state index contributed by atoms with van der Waals surface area (Å²) in [6.07, 6.45) is 0.344. The Balaban J connectivity index is 1.52. The fraction of sp³-hybridized carbons (Fsp3) is 0.0833. The maximum Gasteiger partial charge on any atom is 0.251 e. The van der Waals surface area contributed by atoms with Gasteiger partial charge in [0, 0.05) is 22.0 Å². The number of nitrogens with zero attached hydrogens (tertiary/aromatic N) is 2. The lowest BCUT2D eigenvalue weighted by Gasteiger charge is -2.18. The molecule has 0 aliphatic heterocycles. The van der Waals surface area contributed by atoms with Crippen LogP contribution in [0.25, 0.3) is 10.6 Å². The average Bonchev–Trinajstić information content (AvgIpc) is 3.28. The molecule has 2 N–H and O–H groups in total. The number of aromatic nitrogens is 2. The summed E-state index contributed by atoms with van der Waals surface area (Å²) in [4.78, 5) is 25.9. The fourth-order valence-corrected chi connectivity index (χ4v) is 4.25. The first-order valence-electron chi connectivity index (χ1n) is 9.88. The van der Waals surface area contributed by atoms with Gasteiger partial charge in [-0.1, -0.05) is 94.0 Å². The predicted molar refractivity (Wildman–Crippen MR) is 130 cm³/mol. The Morgan fingerprint density at radius 3 is 2.34 bits per heavy atom. The van der Waals surface area contributed by atoms with Crippen LogP contribution in [0.15, 0.2) is 89.4 Å². The Morgan fingerprint density at radius 2 is 1.62 bits per heavy atom. The number of anilines is 1. The monoisotopic (exact) mass is 506 g/mol. The van der Waals surface area contributed by atoms with Gasteiger partial charge < -0.3 is 5.32 Å². The molecule has 0 aliphatic rings. The third kappa shape index (κ3) is 5.66. The molecule has 2 amide bonds. The van der Waals surface area contributed by atoms with E-state index in [4.69, 9.17) is 0 Å². The van der Waals surface area contributed by atoms with Crippen molar-refractivity contribution in [1.29, 1.82) is 0 Å². The van der Waals surface area contributed by atoms with Crippen molar-refractivity contribution in [2.45, 2.75) is 12.5 Å². The number of nitrogens with one attached hydrogen (secondary N) is 2. The highest BCUT2D eigenvalue weighted by Gasteiger charge is 2.23. The third-order valence-electron chi connectivity index (χ3n) is 4.67. The van der Waals surface area contributed by atoms with E-state index in [0.29, 0.717) is 22.1 Å². The summed E-state index contributed by atoms with van der Waals surface area (Å²) >= 11 is 4.65. The van der Waals surface area contributed by atoms with Crippen LogP contribution in [0.4, 0.5) is 5.13 Å². The number of carbonyl (C=O) groups excluding carboxylic acids is 2. The molecule has 0 spiro atoms. The molecular formula is C24H19BrN4O2S. The SMILES string of the molecule is O=C(NC(Cc1ccccc1)C(=O)Nc1nnc(-c2ccccc2)s1)c1cccc(Br)c1. The summed E-state index contributed by atoms with van der Waals surface area (Å²) in [6, 6.07) is 25.4. The third-order valence-corrected chi connectivity index (χ3v) is 6.05. The highest BCUT2D eigenvalue weighted by atomic mass is 79.9. The van der Waals surface area contributed by atoms with Crippen molar-refractivity contribution in [3.8, 4) is 10.6 Å². The molecule has 1 atom stereocenters. The summed E-state index contributed by atoms with van der Waals surface area (Å²) < 4.78 is 0.788. The van der Waals surface area contributed by atoms with Crippen LogP contribution in [0.2, 0.25) is 0 Å². The van der Waals surface area contributed by atoms with Gasteiger partial charge in [-0.15, -0.1) is 10.2 Å². The Kier molecular flexibility index (Phi) is 7.03. The van der Waals surface area contributed by atoms with Crippen LogP contribution in [0.1, 0.15) is 15.9 Å². The van der Waals surface area contributed by atoms with Crippen LogP contribution in [-0.4, -0.2) is 28.1 Å². The van der Waals surface area contributed by atoms with Crippen molar-refractivity contribution in [1.82, 2.24) is 15.5 Å². The molecule has 0 fully saturated rings. The summed E-state index contributed by atoms with van der Waals surface area (Å²) in [6.45, 7) is 0. The van der Waals surface area contributed by atoms with Gasteiger partial charge in [0.1, 0.15) is 11.0 Å². The standard InChI is InChI=1S/C24H19BrN4O2S/c25-19-13-7-12-18(15-19)21(30)26-20(14-16-8-3-1-4-9-16)22(31)27-24-29-28-23(32-24)17-10-5-2-6-11-17/h1-13,15,20H,14H2,(H,26,30)(H,27,29,31). The molecule has 1 heterocycles. The molecule has 6 nitrogen and oxygen atoms in total. The van der Waals surface area contributed by atoms with Crippen LogP contribution in [0.5, 0.6) is 0 Å². The number of halogens is 1. The van der Waals surface area contributed by atoms with Crippen molar-refractivity contribution in [2.24, 2.45) is 0 Å². The topological polar surface area (TPSA) is 84.0 Å². The molecule has 0 radical (unpaired) electrons. The molecule has 160 valence electrons. The minimum atomic E-state index is -0.784. The first kappa shape index (κ1) is 21.9. The van der Waals surface area contributed by atoms with E-state index in [1.807, 2.05) is 66.7 Å². The smallest absolute Gasteiger partial charge is 0.251 e. The summed E-state index contributed by atoms with van der Waals surface area (Å²) in [7, 11) is 0. The molecule has 0 saturated carbocycles. The molecule has 0 aliphatic carbocycles. The maximum absolute atomic E-state index is 13.1. The lowest BCUT2D eigenvalue weighted by atomic mass is 10.0. The van der Waals surface area contributed by atoms with Crippen molar-refractivity contribution >= 4 is 44.2 Å². The lowest BCUT2D eigenvalue weighted by molar-refractivity contribution is -0.118. The quantitative estimate of drug-likeness (QED) is 0.371. The zero-order chi connectivity index (χ0) is 22.3. The van der Waals surface area contributed by atoms with Crippen LogP contribution < -0.4 is 10.6 Å². The van der Waals surface area contributed by atoms with E-state index in [1.165, 1.54) is 11.3 Å². The number of rotatable bonds is 7. The first-order chi connectivity index (χ1) is 15.6. The lowest BCUT2D eigenvalue weighted by Crippen LogP contribution is -2.45. The van der Waals surface area contributed by atoms with E-state index in [0.717, 1.165) is 15.6 Å². The molecule has 1 unspecified atom stereocenters. The Morgan fingerprint density at radius 1 is 0.906 bits per heavy atom. The number of hydrogen-bond donors (Lipinski definition) is 2. The second-order valence-electron chi connectivity index (χ2n) is 6.99. The van der Waals surface area contributed by atoms with Gasteiger partial charge in [0.15, 0.2) is 0 Å². The van der Waals surface area contributed by atoms with Gasteiger partial charge in [-0.25, -0.2) is 0 Å². The number of amides is 2. The molecule has 32 heavy (non-hydrogen) atoms. The largest absolute Gasteiger partial charge is 0.340 e. The molecule has 8 heteroatoms. The van der Waals surface area contributed by atoms with Crippen molar-refractivity contribution < 1.29 is 9.59 Å². The van der Waals surface area contributed by atoms with Gasteiger partial charge in [-0.3, -0.25) is 14.9 Å². The van der Waals surface area contributed by atoms with E-state index >= 15 is 0 Å². The minimum absolute atomic E-state index is 0.329. The van der Waals surface area contributed by atoms with Gasteiger partial charge in [0.05, 0.1) is 0 Å². The highest BCUT2D eigenvalue weighted by Crippen LogP contribution is 2.26. The van der Waals surface area contributed by atoms with Gasteiger partial charge in [0.25, 0.3) is 5.91 Å². The van der Waals surface area contributed by atoms with Gasteiger partial charge >= 0.3 is 0 Å². The first-order valence-corrected chi connectivity index (χ1v) is 11.5. The molecule has 4 aromatic rings. The fourth-order valence-electron chi connectivity index (χ4n) is 3.09. The molecule has 1 aromatic heterocycles. The Labute approximate surface area is 197 Å². The summed E-state index contributed by atoms with van der Waals surface area (Å²) in [5.74, 6) is -0.683.